The number of Topliss-reactive ketones (excluding diaryl/α,β-unsaturated/α-hetero) is 1. The minimum atomic E-state index is -0.424. The van der Waals surface area contributed by atoms with Crippen LogP contribution in [0.15, 0.2) is 84.0 Å². The van der Waals surface area contributed by atoms with Crippen molar-refractivity contribution in [2.75, 3.05) is 13.7 Å². The number of hydrogen-bond acceptors (Lipinski definition) is 5. The summed E-state index contributed by atoms with van der Waals surface area (Å²) in [6.07, 6.45) is 4.85. The van der Waals surface area contributed by atoms with E-state index in [-0.39, 0.29) is 17.9 Å². The summed E-state index contributed by atoms with van der Waals surface area (Å²) in [5.41, 5.74) is 1.50. The lowest BCUT2D eigenvalue weighted by Gasteiger charge is -2.13. The number of nitrogens with one attached hydrogen (secondary N) is 1. The summed E-state index contributed by atoms with van der Waals surface area (Å²) in [6, 6.07) is 17.3. The van der Waals surface area contributed by atoms with Crippen molar-refractivity contribution in [3.05, 3.63) is 106 Å². The van der Waals surface area contributed by atoms with Gasteiger partial charge in [0.2, 0.25) is 0 Å². The molecule has 160 valence electrons. The van der Waals surface area contributed by atoms with Crippen LogP contribution in [0.25, 0.3) is 10.8 Å². The first-order chi connectivity index (χ1) is 15.6. The molecule has 0 radical (unpaired) electrons. The zero-order valence-corrected chi connectivity index (χ0v) is 17.4. The Bertz CT molecular complexity index is 1330. The molecule has 0 aliphatic carbocycles. The summed E-state index contributed by atoms with van der Waals surface area (Å²) in [5, 5.41) is 3.66. The summed E-state index contributed by atoms with van der Waals surface area (Å²) in [5.74, 6) is -0.00420. The van der Waals surface area contributed by atoms with E-state index in [0.29, 0.717) is 34.2 Å². The van der Waals surface area contributed by atoms with Crippen molar-refractivity contribution in [3.63, 3.8) is 0 Å². The third kappa shape index (κ3) is 4.41. The van der Waals surface area contributed by atoms with Gasteiger partial charge in [-0.25, -0.2) is 0 Å². The molecule has 0 spiro atoms. The predicted molar refractivity (Wildman–Crippen MR) is 121 cm³/mol. The Morgan fingerprint density at radius 1 is 0.969 bits per heavy atom. The maximum absolute atomic E-state index is 13.0. The van der Waals surface area contributed by atoms with Crippen molar-refractivity contribution in [2.24, 2.45) is 0 Å². The Labute approximate surface area is 184 Å². The van der Waals surface area contributed by atoms with Gasteiger partial charge in [0.25, 0.3) is 11.5 Å². The van der Waals surface area contributed by atoms with Gasteiger partial charge in [0.05, 0.1) is 25.8 Å². The molecule has 32 heavy (non-hydrogen) atoms. The van der Waals surface area contributed by atoms with Crippen molar-refractivity contribution in [1.29, 1.82) is 0 Å². The van der Waals surface area contributed by atoms with E-state index in [2.05, 4.69) is 10.3 Å². The molecule has 0 saturated carbocycles. The average Bonchev–Trinajstić information content (AvgIpc) is 2.84. The van der Waals surface area contributed by atoms with Crippen molar-refractivity contribution < 1.29 is 14.3 Å². The van der Waals surface area contributed by atoms with Crippen LogP contribution in [0.1, 0.15) is 26.3 Å². The highest BCUT2D eigenvalue weighted by atomic mass is 16.5. The fraction of sp³-hybridized carbons (Fsp3) is 0.120. The highest BCUT2D eigenvalue weighted by molar-refractivity contribution is 6.08. The summed E-state index contributed by atoms with van der Waals surface area (Å²) < 4.78 is 6.59. The normalized spacial score (nSPS) is 10.7. The molecule has 1 N–H and O–H groups in total. The van der Waals surface area contributed by atoms with Crippen molar-refractivity contribution in [2.45, 2.75) is 6.54 Å². The SMILES string of the molecule is COc1ccc(C(=O)CNC(=O)c2cn(Cc3ccncc3)c(=O)c3ccccc23)cc1. The number of rotatable bonds is 7. The Balaban J connectivity index is 1.60. The highest BCUT2D eigenvalue weighted by Gasteiger charge is 2.16. The number of pyridine rings is 2. The summed E-state index contributed by atoms with van der Waals surface area (Å²) in [7, 11) is 1.55. The number of hydrogen-bond donors (Lipinski definition) is 1. The van der Waals surface area contributed by atoms with Crippen molar-refractivity contribution >= 4 is 22.5 Å². The summed E-state index contributed by atoms with van der Waals surface area (Å²) in [4.78, 5) is 42.4. The van der Waals surface area contributed by atoms with E-state index in [0.717, 1.165) is 5.56 Å². The summed E-state index contributed by atoms with van der Waals surface area (Å²) in [6.45, 7) is 0.139. The fourth-order valence-electron chi connectivity index (χ4n) is 3.46. The molecule has 0 aliphatic rings. The molecule has 2 heterocycles. The molecular formula is C25H21N3O4. The average molecular weight is 427 g/mol. The van der Waals surface area contributed by atoms with Gasteiger partial charge in [-0.15, -0.1) is 0 Å². The van der Waals surface area contributed by atoms with Crippen LogP contribution in [0.2, 0.25) is 0 Å². The van der Waals surface area contributed by atoms with E-state index in [1.807, 2.05) is 12.1 Å². The second-order valence-corrected chi connectivity index (χ2v) is 7.21. The van der Waals surface area contributed by atoms with Crippen LogP contribution in [0.4, 0.5) is 0 Å². The lowest BCUT2D eigenvalue weighted by atomic mass is 10.1. The Morgan fingerprint density at radius 2 is 1.66 bits per heavy atom. The van der Waals surface area contributed by atoms with Crippen LogP contribution >= 0.6 is 0 Å². The number of ether oxygens (including phenoxy) is 1. The van der Waals surface area contributed by atoms with E-state index in [1.54, 1.807) is 68.0 Å². The van der Waals surface area contributed by atoms with E-state index >= 15 is 0 Å². The molecule has 4 aromatic rings. The number of fused-ring (bicyclic) bond motifs is 1. The number of carbonyl (C=O) groups is 2. The fourth-order valence-corrected chi connectivity index (χ4v) is 3.46. The van der Waals surface area contributed by atoms with Crippen LogP contribution in [0, 0.1) is 0 Å². The van der Waals surface area contributed by atoms with Crippen LogP contribution in [-0.2, 0) is 6.54 Å². The third-order valence-corrected chi connectivity index (χ3v) is 5.16. The van der Waals surface area contributed by atoms with Crippen LogP contribution in [0.5, 0.6) is 5.75 Å². The molecule has 0 atom stereocenters. The van der Waals surface area contributed by atoms with Crippen LogP contribution in [-0.4, -0.2) is 34.9 Å². The van der Waals surface area contributed by atoms with Crippen molar-refractivity contribution in [1.82, 2.24) is 14.9 Å². The molecule has 0 bridgehead atoms. The monoisotopic (exact) mass is 427 g/mol. The van der Waals surface area contributed by atoms with Gasteiger partial charge < -0.3 is 14.6 Å². The molecule has 0 fully saturated rings. The number of aromatic nitrogens is 2. The molecular weight excluding hydrogens is 406 g/mol. The Morgan fingerprint density at radius 3 is 2.34 bits per heavy atom. The number of amides is 1. The molecule has 4 rings (SSSR count). The number of benzene rings is 2. The van der Waals surface area contributed by atoms with Crippen LogP contribution in [0.3, 0.4) is 0 Å². The molecule has 0 saturated heterocycles. The minimum absolute atomic E-state index is 0.164. The maximum Gasteiger partial charge on any atom is 0.258 e. The lowest BCUT2D eigenvalue weighted by Crippen LogP contribution is -2.31. The second-order valence-electron chi connectivity index (χ2n) is 7.21. The lowest BCUT2D eigenvalue weighted by molar-refractivity contribution is 0.0904. The van der Waals surface area contributed by atoms with E-state index in [4.69, 9.17) is 4.74 Å². The molecule has 7 heteroatoms. The van der Waals surface area contributed by atoms with Gasteiger partial charge >= 0.3 is 0 Å². The first kappa shape index (κ1) is 21.0. The number of methoxy groups -OCH3 is 1. The maximum atomic E-state index is 13.0. The van der Waals surface area contributed by atoms with E-state index in [9.17, 15) is 14.4 Å². The molecule has 2 aromatic heterocycles. The summed E-state index contributed by atoms with van der Waals surface area (Å²) >= 11 is 0. The third-order valence-electron chi connectivity index (χ3n) is 5.16. The smallest absolute Gasteiger partial charge is 0.258 e. The van der Waals surface area contributed by atoms with Gasteiger partial charge in [-0.1, -0.05) is 18.2 Å². The first-order valence-electron chi connectivity index (χ1n) is 10.0. The quantitative estimate of drug-likeness (QED) is 0.458. The molecule has 7 nitrogen and oxygen atoms in total. The topological polar surface area (TPSA) is 90.3 Å². The Hall–Kier alpha value is -4.26. The minimum Gasteiger partial charge on any atom is -0.497 e. The molecule has 0 aliphatic heterocycles. The van der Waals surface area contributed by atoms with Gasteiger partial charge in [-0.2, -0.15) is 0 Å². The number of nitrogens with zero attached hydrogens (tertiary/aromatic N) is 2. The standard InChI is InChI=1S/C25H21N3O4/c1-32-19-8-6-18(7-9-19)23(29)14-27-24(30)22-16-28(15-17-10-12-26-13-11-17)25(31)21-5-3-2-4-20(21)22/h2-13,16H,14-15H2,1H3,(H,27,30). The van der Waals surface area contributed by atoms with Crippen molar-refractivity contribution in [3.8, 4) is 5.75 Å². The van der Waals surface area contributed by atoms with Gasteiger partial charge in [-0.05, 0) is 48.0 Å². The molecule has 2 aromatic carbocycles. The first-order valence-corrected chi connectivity index (χ1v) is 10.0. The zero-order valence-electron chi connectivity index (χ0n) is 17.4. The zero-order chi connectivity index (χ0) is 22.5. The van der Waals surface area contributed by atoms with Gasteiger partial charge in [0, 0.05) is 34.9 Å². The van der Waals surface area contributed by atoms with Gasteiger partial charge in [-0.3, -0.25) is 19.4 Å². The molecule has 0 unspecified atom stereocenters. The van der Waals surface area contributed by atoms with Crippen LogP contribution < -0.4 is 15.6 Å². The Kier molecular flexibility index (Phi) is 6.07. The highest BCUT2D eigenvalue weighted by Crippen LogP contribution is 2.16. The van der Waals surface area contributed by atoms with Gasteiger partial charge in [0.1, 0.15) is 5.75 Å². The number of carbonyl (C=O) groups excluding carboxylic acids is 2. The predicted octanol–water partition coefficient (Wildman–Crippen LogP) is 3.07. The number of ketones is 1. The van der Waals surface area contributed by atoms with E-state index in [1.165, 1.54) is 10.8 Å². The van der Waals surface area contributed by atoms with E-state index < -0.39 is 5.91 Å². The van der Waals surface area contributed by atoms with Gasteiger partial charge in [0.15, 0.2) is 5.78 Å². The second kappa shape index (κ2) is 9.26. The molecule has 1 amide bonds. The largest absolute Gasteiger partial charge is 0.497 e.